The molecule has 2 unspecified atom stereocenters. The van der Waals surface area contributed by atoms with Gasteiger partial charge in [0.1, 0.15) is 0 Å². The highest BCUT2D eigenvalue weighted by Gasteiger charge is 2.23. The molecule has 2 atom stereocenters. The molecule has 0 heterocycles. The second kappa shape index (κ2) is 29.8. The van der Waals surface area contributed by atoms with E-state index in [1.165, 1.54) is 77.0 Å². The van der Waals surface area contributed by atoms with Crippen molar-refractivity contribution in [2.45, 2.75) is 146 Å². The van der Waals surface area contributed by atoms with Gasteiger partial charge in [-0.3, -0.25) is 0 Å². The molecule has 0 aliphatic carbocycles. The molecule has 0 aliphatic heterocycles. The van der Waals surface area contributed by atoms with E-state index in [9.17, 15) is 0 Å². The lowest BCUT2D eigenvalue weighted by Crippen LogP contribution is -2.23. The van der Waals surface area contributed by atoms with E-state index < -0.39 is 0 Å². The Bertz CT molecular complexity index is 376. The molecule has 4 nitrogen and oxygen atoms in total. The smallest absolute Gasteiger partial charge is 0.0518 e. The lowest BCUT2D eigenvalue weighted by Gasteiger charge is -2.29. The van der Waals surface area contributed by atoms with Crippen molar-refractivity contribution in [2.75, 3.05) is 53.9 Å². The van der Waals surface area contributed by atoms with Crippen LogP contribution in [0.2, 0.25) is 0 Å². The summed E-state index contributed by atoms with van der Waals surface area (Å²) in [6.07, 6.45) is 14.7. The van der Waals surface area contributed by atoms with Gasteiger partial charge in [-0.2, -0.15) is 0 Å². The average molecular weight is 547 g/mol. The number of methoxy groups -OCH3 is 2. The van der Waals surface area contributed by atoms with Gasteiger partial charge in [-0.05, 0) is 74.0 Å². The maximum atomic E-state index is 5.63. The maximum Gasteiger partial charge on any atom is 0.0518 e. The van der Waals surface area contributed by atoms with Crippen molar-refractivity contribution in [3.63, 3.8) is 0 Å². The fourth-order valence-electron chi connectivity index (χ4n) is 4.29. The Kier molecular flexibility index (Phi) is 33.2. The number of rotatable bonds is 23. The monoisotopic (exact) mass is 547 g/mol. The molecule has 4 heteroatoms. The Hall–Kier alpha value is -0.160. The van der Waals surface area contributed by atoms with E-state index in [2.05, 4.69) is 69.2 Å². The van der Waals surface area contributed by atoms with Crippen LogP contribution in [0.1, 0.15) is 146 Å². The van der Waals surface area contributed by atoms with Crippen LogP contribution in [0.4, 0.5) is 0 Å². The first-order chi connectivity index (χ1) is 18.2. The number of unbranched alkanes of at least 4 members (excludes halogenated alkanes) is 3. The van der Waals surface area contributed by atoms with Crippen LogP contribution in [0.15, 0.2) is 0 Å². The Labute approximate surface area is 241 Å². The summed E-state index contributed by atoms with van der Waals surface area (Å²) in [4.78, 5) is 0. The summed E-state index contributed by atoms with van der Waals surface area (Å²) < 4.78 is 21.6. The molecule has 0 radical (unpaired) electrons. The van der Waals surface area contributed by atoms with Crippen LogP contribution >= 0.6 is 0 Å². The van der Waals surface area contributed by atoms with Crippen molar-refractivity contribution in [1.82, 2.24) is 0 Å². The predicted octanol–water partition coefficient (Wildman–Crippen LogP) is 10.4. The van der Waals surface area contributed by atoms with E-state index in [4.69, 9.17) is 18.9 Å². The molecule has 0 amide bonds. The van der Waals surface area contributed by atoms with Crippen molar-refractivity contribution in [3.8, 4) is 0 Å². The van der Waals surface area contributed by atoms with Crippen LogP contribution in [-0.4, -0.2) is 53.9 Å². The minimum absolute atomic E-state index is 0.453. The first-order valence-electron chi connectivity index (χ1n) is 16.3. The van der Waals surface area contributed by atoms with Gasteiger partial charge in [-0.25, -0.2) is 0 Å². The minimum atomic E-state index is 0.453. The standard InChI is InChI=1S/C16H34O2.2C9H20O/c1-5-15(3)13-17-11-9-7-8-10-12-18-14-16(4)6-2;2*1-5-9(6-2,7-3)8-10-4/h15-16H,5-14H2,1-4H3;2*5-8H2,1-4H3. The summed E-state index contributed by atoms with van der Waals surface area (Å²) in [6.45, 7) is 27.9. The van der Waals surface area contributed by atoms with Gasteiger partial charge >= 0.3 is 0 Å². The van der Waals surface area contributed by atoms with E-state index >= 15 is 0 Å². The molecule has 0 saturated carbocycles. The van der Waals surface area contributed by atoms with Gasteiger partial charge in [-0.1, -0.05) is 94.9 Å². The van der Waals surface area contributed by atoms with Crippen LogP contribution in [0, 0.1) is 22.7 Å². The molecular weight excluding hydrogens is 472 g/mol. The summed E-state index contributed by atoms with van der Waals surface area (Å²) in [5, 5.41) is 0. The highest BCUT2D eigenvalue weighted by molar-refractivity contribution is 4.74. The SMILES string of the molecule is CCC(C)COCCCCCCOCC(C)CC.CCC(CC)(CC)COC.CCC(CC)(CC)COC. The maximum absolute atomic E-state index is 5.63. The van der Waals surface area contributed by atoms with Gasteiger partial charge in [0.25, 0.3) is 0 Å². The number of hydrogen-bond donors (Lipinski definition) is 0. The Morgan fingerprint density at radius 1 is 0.474 bits per heavy atom. The zero-order valence-corrected chi connectivity index (χ0v) is 28.5. The van der Waals surface area contributed by atoms with E-state index in [1.54, 1.807) is 14.2 Å². The third-order valence-electron chi connectivity index (χ3n) is 8.93. The predicted molar refractivity (Wildman–Crippen MR) is 169 cm³/mol. The number of hydrogen-bond acceptors (Lipinski definition) is 4. The molecule has 0 fully saturated rings. The third kappa shape index (κ3) is 23.7. The fourth-order valence-corrected chi connectivity index (χ4v) is 4.29. The molecule has 0 aromatic rings. The Morgan fingerprint density at radius 3 is 0.947 bits per heavy atom. The zero-order valence-electron chi connectivity index (χ0n) is 28.5. The second-order valence-electron chi connectivity index (χ2n) is 11.6. The van der Waals surface area contributed by atoms with Crippen LogP contribution in [0.25, 0.3) is 0 Å². The molecule has 0 aromatic carbocycles. The van der Waals surface area contributed by atoms with Crippen LogP contribution in [-0.2, 0) is 18.9 Å². The van der Waals surface area contributed by atoms with Gasteiger partial charge in [0.15, 0.2) is 0 Å². The molecule has 0 aromatic heterocycles. The summed E-state index contributed by atoms with van der Waals surface area (Å²) in [5.41, 5.74) is 0.906. The van der Waals surface area contributed by atoms with Crippen molar-refractivity contribution >= 4 is 0 Å². The first kappa shape index (κ1) is 42.3. The average Bonchev–Trinajstić information content (AvgIpc) is 2.96. The topological polar surface area (TPSA) is 36.9 Å². The second-order valence-corrected chi connectivity index (χ2v) is 11.6. The van der Waals surface area contributed by atoms with Crippen molar-refractivity contribution in [2.24, 2.45) is 22.7 Å². The molecular formula is C34H74O4. The Balaban J connectivity index is -0.000000522. The highest BCUT2D eigenvalue weighted by atomic mass is 16.5. The minimum Gasteiger partial charge on any atom is -0.384 e. The fraction of sp³-hybridized carbons (Fsp3) is 1.00. The third-order valence-corrected chi connectivity index (χ3v) is 8.93. The summed E-state index contributed by atoms with van der Waals surface area (Å²) in [7, 11) is 3.57. The lowest BCUT2D eigenvalue weighted by molar-refractivity contribution is 0.0691. The lowest BCUT2D eigenvalue weighted by atomic mass is 9.81. The van der Waals surface area contributed by atoms with Crippen molar-refractivity contribution in [1.29, 1.82) is 0 Å². The van der Waals surface area contributed by atoms with Gasteiger partial charge < -0.3 is 18.9 Å². The van der Waals surface area contributed by atoms with E-state index in [1.807, 2.05) is 0 Å². The molecule has 0 N–H and O–H groups in total. The van der Waals surface area contributed by atoms with E-state index in [0.717, 1.165) is 39.6 Å². The summed E-state index contributed by atoms with van der Waals surface area (Å²) in [6, 6.07) is 0. The summed E-state index contributed by atoms with van der Waals surface area (Å²) in [5.74, 6) is 1.41. The van der Waals surface area contributed by atoms with E-state index in [0.29, 0.717) is 22.7 Å². The van der Waals surface area contributed by atoms with Gasteiger partial charge in [-0.15, -0.1) is 0 Å². The van der Waals surface area contributed by atoms with Crippen LogP contribution in [0.3, 0.4) is 0 Å². The largest absolute Gasteiger partial charge is 0.384 e. The first-order valence-corrected chi connectivity index (χ1v) is 16.3. The Morgan fingerprint density at radius 2 is 0.763 bits per heavy atom. The van der Waals surface area contributed by atoms with Crippen molar-refractivity contribution < 1.29 is 18.9 Å². The summed E-state index contributed by atoms with van der Waals surface area (Å²) >= 11 is 0. The highest BCUT2D eigenvalue weighted by Crippen LogP contribution is 2.30. The van der Waals surface area contributed by atoms with Crippen LogP contribution in [0.5, 0.6) is 0 Å². The van der Waals surface area contributed by atoms with Crippen molar-refractivity contribution in [3.05, 3.63) is 0 Å². The number of ether oxygens (including phenoxy) is 4. The molecule has 0 saturated heterocycles. The molecule has 0 spiro atoms. The molecule has 0 bridgehead atoms. The van der Waals surface area contributed by atoms with Gasteiger partial charge in [0.2, 0.25) is 0 Å². The molecule has 0 rings (SSSR count). The molecule has 234 valence electrons. The zero-order chi connectivity index (χ0) is 29.7. The molecule has 38 heavy (non-hydrogen) atoms. The quantitative estimate of drug-likeness (QED) is 0.119. The normalized spacial score (nSPS) is 13.3. The van der Waals surface area contributed by atoms with Crippen LogP contribution < -0.4 is 0 Å². The van der Waals surface area contributed by atoms with Gasteiger partial charge in [0.05, 0.1) is 13.2 Å². The van der Waals surface area contributed by atoms with E-state index in [-0.39, 0.29) is 0 Å². The molecule has 0 aliphatic rings. The van der Waals surface area contributed by atoms with Gasteiger partial charge in [0, 0.05) is 40.6 Å².